The van der Waals surface area contributed by atoms with E-state index < -0.39 is 10.5 Å². The van der Waals surface area contributed by atoms with E-state index >= 15 is 0 Å². The highest BCUT2D eigenvalue weighted by Crippen LogP contribution is 2.28. The first-order chi connectivity index (χ1) is 8.92. The van der Waals surface area contributed by atoms with Crippen molar-refractivity contribution < 1.29 is 14.8 Å². The smallest absolute Gasteiger partial charge is 0.270 e. The lowest BCUT2D eigenvalue weighted by Gasteiger charge is -2.26. The molecule has 2 rings (SSSR count). The van der Waals surface area contributed by atoms with E-state index in [4.69, 9.17) is 4.74 Å². The molecule has 0 aliphatic carbocycles. The number of nitro benzene ring substituents is 1. The summed E-state index contributed by atoms with van der Waals surface area (Å²) in [4.78, 5) is 10.2. The third kappa shape index (κ3) is 3.15. The molecule has 7 heteroatoms. The number of halogens is 1. The van der Waals surface area contributed by atoms with Crippen LogP contribution in [0.4, 0.5) is 11.4 Å². The second-order valence-corrected chi connectivity index (χ2v) is 5.80. The Balaban J connectivity index is 2.06. The Morgan fingerprint density at radius 2 is 2.42 bits per heavy atom. The van der Waals surface area contributed by atoms with Gasteiger partial charge in [0.05, 0.1) is 11.0 Å². The predicted molar refractivity (Wildman–Crippen MR) is 79.3 cm³/mol. The number of ether oxygens (including phenoxy) is 1. The van der Waals surface area contributed by atoms with E-state index in [1.807, 2.05) is 29.5 Å². The van der Waals surface area contributed by atoms with Crippen LogP contribution in [0.5, 0.6) is 0 Å². The van der Waals surface area contributed by atoms with Gasteiger partial charge in [-0.25, -0.2) is 0 Å². The number of non-ortho nitro benzene ring substituents is 1. The topological polar surface area (TPSA) is 84.6 Å². The fraction of sp³-hybridized carbons (Fsp3) is 0.500. The van der Waals surface area contributed by atoms with E-state index in [0.29, 0.717) is 19.6 Å². The number of nitrogens with zero attached hydrogens (tertiary/aromatic N) is 1. The van der Waals surface area contributed by atoms with Gasteiger partial charge in [0.1, 0.15) is 5.60 Å². The van der Waals surface area contributed by atoms with Crippen LogP contribution in [0.1, 0.15) is 13.3 Å². The van der Waals surface area contributed by atoms with E-state index in [1.54, 1.807) is 6.07 Å². The average Bonchev–Trinajstić information content (AvgIpc) is 2.68. The van der Waals surface area contributed by atoms with Crippen molar-refractivity contribution >= 4 is 34.0 Å². The molecule has 1 aliphatic rings. The fourth-order valence-corrected chi connectivity index (χ4v) is 2.70. The second-order valence-electron chi connectivity index (χ2n) is 4.64. The Bertz CT molecular complexity index is 497. The van der Waals surface area contributed by atoms with E-state index in [2.05, 4.69) is 5.32 Å². The van der Waals surface area contributed by atoms with Gasteiger partial charge < -0.3 is 15.2 Å². The van der Waals surface area contributed by atoms with Gasteiger partial charge in [0.25, 0.3) is 5.69 Å². The summed E-state index contributed by atoms with van der Waals surface area (Å²) in [6.45, 7) is 2.76. The normalized spacial score (nSPS) is 26.4. The van der Waals surface area contributed by atoms with Crippen LogP contribution in [0, 0.1) is 13.7 Å². The molecule has 19 heavy (non-hydrogen) atoms. The number of aliphatic hydroxyl groups is 1. The number of hydrogen-bond acceptors (Lipinski definition) is 5. The highest BCUT2D eigenvalue weighted by atomic mass is 127. The Morgan fingerprint density at radius 3 is 2.95 bits per heavy atom. The van der Waals surface area contributed by atoms with Crippen LogP contribution in [0.15, 0.2) is 18.2 Å². The number of rotatable bonds is 4. The summed E-state index contributed by atoms with van der Waals surface area (Å²) in [6.07, 6.45) is 0.376. The molecule has 0 bridgehead atoms. The number of anilines is 1. The van der Waals surface area contributed by atoms with Gasteiger partial charge >= 0.3 is 0 Å². The van der Waals surface area contributed by atoms with Crippen molar-refractivity contribution in [3.63, 3.8) is 0 Å². The summed E-state index contributed by atoms with van der Waals surface area (Å²) in [5.74, 6) is 0. The molecule has 104 valence electrons. The summed E-state index contributed by atoms with van der Waals surface area (Å²) in [6, 6.07) is 4.61. The van der Waals surface area contributed by atoms with Gasteiger partial charge in [0.15, 0.2) is 0 Å². The lowest BCUT2D eigenvalue weighted by atomic mass is 9.96. The molecule has 1 heterocycles. The molecule has 1 fully saturated rings. The van der Waals surface area contributed by atoms with Crippen LogP contribution in [-0.4, -0.2) is 34.9 Å². The molecule has 2 unspecified atom stereocenters. The molecule has 6 nitrogen and oxygen atoms in total. The molecule has 0 amide bonds. The highest BCUT2D eigenvalue weighted by Gasteiger charge is 2.39. The van der Waals surface area contributed by atoms with Gasteiger partial charge in [-0.2, -0.15) is 0 Å². The molecular weight excluding hydrogens is 363 g/mol. The molecular formula is C12H15IN2O4. The summed E-state index contributed by atoms with van der Waals surface area (Å²) in [5, 5.41) is 24.1. The highest BCUT2D eigenvalue weighted by molar-refractivity contribution is 14.1. The largest absolute Gasteiger partial charge is 0.385 e. The SMILES string of the molecule is CC1OCCC1(O)CNc1ccc([N+](=O)[O-])cc1I. The minimum Gasteiger partial charge on any atom is -0.385 e. The Kier molecular flexibility index (Phi) is 4.26. The fourth-order valence-electron chi connectivity index (χ4n) is 2.01. The molecule has 0 spiro atoms. The van der Waals surface area contributed by atoms with Gasteiger partial charge in [-0.05, 0) is 35.6 Å². The molecule has 1 aliphatic heterocycles. The van der Waals surface area contributed by atoms with Crippen molar-refractivity contribution in [2.24, 2.45) is 0 Å². The quantitative estimate of drug-likeness (QED) is 0.477. The molecule has 1 saturated heterocycles. The van der Waals surface area contributed by atoms with E-state index in [9.17, 15) is 15.2 Å². The Labute approximate surface area is 124 Å². The zero-order valence-corrected chi connectivity index (χ0v) is 12.6. The summed E-state index contributed by atoms with van der Waals surface area (Å²) in [7, 11) is 0. The third-order valence-corrected chi connectivity index (χ3v) is 4.30. The first-order valence-corrected chi connectivity index (χ1v) is 7.02. The first kappa shape index (κ1) is 14.5. The van der Waals surface area contributed by atoms with Crippen molar-refractivity contribution in [1.29, 1.82) is 0 Å². The monoisotopic (exact) mass is 378 g/mol. The summed E-state index contributed by atoms with van der Waals surface area (Å²) in [5.41, 5.74) is -0.0462. The van der Waals surface area contributed by atoms with Gasteiger partial charge in [-0.15, -0.1) is 0 Å². The lowest BCUT2D eigenvalue weighted by Crippen LogP contribution is -2.43. The average molecular weight is 378 g/mol. The maximum Gasteiger partial charge on any atom is 0.270 e. The third-order valence-electron chi connectivity index (χ3n) is 3.41. The Hall–Kier alpha value is -0.930. The van der Waals surface area contributed by atoms with E-state index in [0.717, 1.165) is 9.26 Å². The van der Waals surface area contributed by atoms with Crippen molar-refractivity contribution in [1.82, 2.24) is 0 Å². The minimum absolute atomic E-state index is 0.0613. The van der Waals surface area contributed by atoms with Crippen molar-refractivity contribution in [2.75, 3.05) is 18.5 Å². The molecule has 2 N–H and O–H groups in total. The first-order valence-electron chi connectivity index (χ1n) is 5.94. The maximum absolute atomic E-state index is 10.7. The zero-order chi connectivity index (χ0) is 14.0. The van der Waals surface area contributed by atoms with Gasteiger partial charge in [-0.1, -0.05) is 0 Å². The number of nitro groups is 1. The maximum atomic E-state index is 10.7. The minimum atomic E-state index is -0.884. The molecule has 1 aromatic carbocycles. The standard InChI is InChI=1S/C12H15IN2O4/c1-8-12(16,4-5-19-8)7-14-11-3-2-9(15(17)18)6-10(11)13/h2-3,6,8,14,16H,4-5,7H2,1H3. The zero-order valence-electron chi connectivity index (χ0n) is 10.4. The Morgan fingerprint density at radius 1 is 1.68 bits per heavy atom. The molecule has 0 aromatic heterocycles. The summed E-state index contributed by atoms with van der Waals surface area (Å²) >= 11 is 2.04. The molecule has 0 saturated carbocycles. The van der Waals surface area contributed by atoms with E-state index in [-0.39, 0.29) is 11.8 Å². The second kappa shape index (κ2) is 5.59. The molecule has 0 radical (unpaired) electrons. The number of nitrogens with one attached hydrogen (secondary N) is 1. The molecule has 1 aromatic rings. The number of benzene rings is 1. The van der Waals surface area contributed by atoms with Crippen LogP contribution in [0.3, 0.4) is 0 Å². The van der Waals surface area contributed by atoms with Crippen molar-refractivity contribution in [2.45, 2.75) is 25.0 Å². The van der Waals surface area contributed by atoms with Crippen molar-refractivity contribution in [3.05, 3.63) is 31.9 Å². The van der Waals surface area contributed by atoms with Crippen LogP contribution >= 0.6 is 22.6 Å². The number of hydrogen-bond donors (Lipinski definition) is 2. The lowest BCUT2D eigenvalue weighted by molar-refractivity contribution is -0.384. The van der Waals surface area contributed by atoms with Crippen molar-refractivity contribution in [3.8, 4) is 0 Å². The summed E-state index contributed by atoms with van der Waals surface area (Å²) < 4.78 is 6.11. The van der Waals surface area contributed by atoms with Gasteiger partial charge in [-0.3, -0.25) is 10.1 Å². The predicted octanol–water partition coefficient (Wildman–Crippen LogP) is 2.15. The van der Waals surface area contributed by atoms with E-state index in [1.165, 1.54) is 12.1 Å². The van der Waals surface area contributed by atoms with Crippen LogP contribution in [0.2, 0.25) is 0 Å². The van der Waals surface area contributed by atoms with Crippen LogP contribution in [0.25, 0.3) is 0 Å². The van der Waals surface area contributed by atoms with Gasteiger partial charge in [0.2, 0.25) is 0 Å². The van der Waals surface area contributed by atoms with Gasteiger partial charge in [0, 0.05) is 41.0 Å². The molecule has 2 atom stereocenters. The van der Waals surface area contributed by atoms with Crippen LogP contribution < -0.4 is 5.32 Å². The van der Waals surface area contributed by atoms with Crippen LogP contribution in [-0.2, 0) is 4.74 Å².